The third-order valence-corrected chi connectivity index (χ3v) is 4.58. The maximum absolute atomic E-state index is 6.07. The van der Waals surface area contributed by atoms with Gasteiger partial charge in [0.2, 0.25) is 0 Å². The number of fused-ring (bicyclic) bond motifs is 1. The second-order valence-corrected chi connectivity index (χ2v) is 5.81. The molecule has 1 saturated carbocycles. The summed E-state index contributed by atoms with van der Waals surface area (Å²) < 4.78 is 3.33. The smallest absolute Gasteiger partial charge is 0.177 e. The van der Waals surface area contributed by atoms with Crippen molar-refractivity contribution in [2.45, 2.75) is 57.0 Å². The van der Waals surface area contributed by atoms with Crippen molar-refractivity contribution in [2.75, 3.05) is 0 Å². The van der Waals surface area contributed by atoms with Crippen molar-refractivity contribution in [3.8, 4) is 0 Å². The summed E-state index contributed by atoms with van der Waals surface area (Å²) in [5, 5.41) is 0. The second kappa shape index (κ2) is 4.15. The molecule has 1 aliphatic carbocycles. The van der Waals surface area contributed by atoms with Crippen molar-refractivity contribution < 1.29 is 0 Å². The third-order valence-electron chi connectivity index (χ3n) is 3.98. The molecule has 2 aliphatic rings. The molecule has 0 aromatic carbocycles. The zero-order valence-corrected chi connectivity index (χ0v) is 11.0. The van der Waals surface area contributed by atoms with Crippen LogP contribution in [0.25, 0.3) is 0 Å². The van der Waals surface area contributed by atoms with Crippen LogP contribution in [0.5, 0.6) is 0 Å². The molecule has 3 nitrogen and oxygen atoms in total. The van der Waals surface area contributed by atoms with Gasteiger partial charge in [0.05, 0.1) is 5.69 Å². The molecule has 4 heteroatoms. The van der Waals surface area contributed by atoms with E-state index in [4.69, 9.17) is 10.7 Å². The SMILES string of the molecule is NC1CCn2c(Br)nc(C3CCCC3)c2C1. The molecule has 0 saturated heterocycles. The van der Waals surface area contributed by atoms with E-state index in [2.05, 4.69) is 20.5 Å². The topological polar surface area (TPSA) is 43.8 Å². The number of hydrogen-bond donors (Lipinski definition) is 1. The Bertz CT molecular complexity index is 393. The molecule has 0 bridgehead atoms. The predicted octanol–water partition coefficient (Wildman–Crippen LogP) is 2.58. The Balaban J connectivity index is 1.98. The van der Waals surface area contributed by atoms with E-state index in [0.717, 1.165) is 24.1 Å². The normalized spacial score (nSPS) is 26.0. The lowest BCUT2D eigenvalue weighted by Gasteiger charge is -2.22. The number of nitrogens with zero attached hydrogens (tertiary/aromatic N) is 2. The first-order valence-electron chi connectivity index (χ1n) is 6.26. The van der Waals surface area contributed by atoms with Crippen LogP contribution < -0.4 is 5.73 Å². The Morgan fingerprint density at radius 3 is 2.75 bits per heavy atom. The second-order valence-electron chi connectivity index (χ2n) is 5.10. The Labute approximate surface area is 105 Å². The van der Waals surface area contributed by atoms with Gasteiger partial charge >= 0.3 is 0 Å². The average molecular weight is 284 g/mol. The Morgan fingerprint density at radius 1 is 1.25 bits per heavy atom. The largest absolute Gasteiger partial charge is 0.327 e. The molecule has 1 atom stereocenters. The number of halogens is 1. The standard InChI is InChI=1S/C12H18BrN3/c13-12-15-11(8-3-1-2-4-8)10-7-9(14)5-6-16(10)12/h8-9H,1-7,14H2. The van der Waals surface area contributed by atoms with Crippen LogP contribution in [-0.2, 0) is 13.0 Å². The van der Waals surface area contributed by atoms with E-state index in [1.807, 2.05) is 0 Å². The van der Waals surface area contributed by atoms with Gasteiger partial charge in [-0.15, -0.1) is 0 Å². The van der Waals surface area contributed by atoms with Crippen LogP contribution >= 0.6 is 15.9 Å². The molecule has 16 heavy (non-hydrogen) atoms. The van der Waals surface area contributed by atoms with Crippen molar-refractivity contribution in [1.82, 2.24) is 9.55 Å². The van der Waals surface area contributed by atoms with Crippen molar-refractivity contribution in [2.24, 2.45) is 5.73 Å². The first-order chi connectivity index (χ1) is 7.75. The molecule has 1 aromatic rings. The fraction of sp³-hybridized carbons (Fsp3) is 0.750. The molecule has 0 amide bonds. The first-order valence-corrected chi connectivity index (χ1v) is 7.05. The van der Waals surface area contributed by atoms with Gasteiger partial charge in [-0.2, -0.15) is 0 Å². The summed E-state index contributed by atoms with van der Waals surface area (Å²) in [5.41, 5.74) is 8.80. The van der Waals surface area contributed by atoms with Gasteiger partial charge in [-0.1, -0.05) is 12.8 Å². The van der Waals surface area contributed by atoms with E-state index < -0.39 is 0 Å². The quantitative estimate of drug-likeness (QED) is 0.861. The van der Waals surface area contributed by atoms with Crippen LogP contribution in [0.3, 0.4) is 0 Å². The zero-order chi connectivity index (χ0) is 11.1. The summed E-state index contributed by atoms with van der Waals surface area (Å²) in [6.45, 7) is 1.02. The molecular weight excluding hydrogens is 266 g/mol. The molecule has 3 rings (SSSR count). The Morgan fingerprint density at radius 2 is 2.00 bits per heavy atom. The van der Waals surface area contributed by atoms with Crippen LogP contribution in [0.15, 0.2) is 4.73 Å². The Kier molecular flexibility index (Phi) is 2.80. The first kappa shape index (κ1) is 10.8. The molecule has 1 aromatic heterocycles. The van der Waals surface area contributed by atoms with Crippen molar-refractivity contribution in [1.29, 1.82) is 0 Å². The van der Waals surface area contributed by atoms with E-state index in [1.165, 1.54) is 37.1 Å². The summed E-state index contributed by atoms with van der Waals surface area (Å²) in [4.78, 5) is 4.73. The van der Waals surface area contributed by atoms with Gasteiger partial charge in [-0.05, 0) is 35.2 Å². The number of aromatic nitrogens is 2. The van der Waals surface area contributed by atoms with E-state index in [9.17, 15) is 0 Å². The highest BCUT2D eigenvalue weighted by molar-refractivity contribution is 9.10. The van der Waals surface area contributed by atoms with Crippen LogP contribution in [0.1, 0.15) is 49.4 Å². The van der Waals surface area contributed by atoms with Gasteiger partial charge in [0.15, 0.2) is 4.73 Å². The van der Waals surface area contributed by atoms with Gasteiger partial charge in [-0.3, -0.25) is 0 Å². The maximum Gasteiger partial charge on any atom is 0.177 e. The molecule has 0 spiro atoms. The predicted molar refractivity (Wildman–Crippen MR) is 67.4 cm³/mol. The fourth-order valence-corrected chi connectivity index (χ4v) is 3.67. The van der Waals surface area contributed by atoms with Crippen LogP contribution in [0.4, 0.5) is 0 Å². The highest BCUT2D eigenvalue weighted by Crippen LogP contribution is 2.37. The van der Waals surface area contributed by atoms with Crippen molar-refractivity contribution in [3.63, 3.8) is 0 Å². The summed E-state index contributed by atoms with van der Waals surface area (Å²) in [6.07, 6.45) is 7.43. The molecule has 88 valence electrons. The zero-order valence-electron chi connectivity index (χ0n) is 9.45. The number of imidazole rings is 1. The summed E-state index contributed by atoms with van der Waals surface area (Å²) in [6, 6.07) is 0.330. The van der Waals surface area contributed by atoms with Crippen molar-refractivity contribution >= 4 is 15.9 Å². The van der Waals surface area contributed by atoms with Gasteiger partial charge in [0.1, 0.15) is 0 Å². The van der Waals surface area contributed by atoms with Crippen LogP contribution in [-0.4, -0.2) is 15.6 Å². The van der Waals surface area contributed by atoms with Crippen LogP contribution in [0, 0.1) is 0 Å². The van der Waals surface area contributed by atoms with Gasteiger partial charge < -0.3 is 10.3 Å². The highest BCUT2D eigenvalue weighted by Gasteiger charge is 2.28. The lowest BCUT2D eigenvalue weighted by Crippen LogP contribution is -2.31. The third kappa shape index (κ3) is 1.72. The molecule has 2 heterocycles. The van der Waals surface area contributed by atoms with E-state index in [-0.39, 0.29) is 0 Å². The minimum atomic E-state index is 0.330. The van der Waals surface area contributed by atoms with Gasteiger partial charge in [-0.25, -0.2) is 4.98 Å². The molecule has 0 radical (unpaired) electrons. The number of rotatable bonds is 1. The average Bonchev–Trinajstić information content (AvgIpc) is 2.86. The van der Waals surface area contributed by atoms with E-state index in [0.29, 0.717) is 12.0 Å². The Hall–Kier alpha value is -0.350. The lowest BCUT2D eigenvalue weighted by molar-refractivity contribution is 0.461. The molecule has 1 aliphatic heterocycles. The number of nitrogens with two attached hydrogens (primary N) is 1. The minimum absolute atomic E-state index is 0.330. The lowest BCUT2D eigenvalue weighted by atomic mass is 9.96. The van der Waals surface area contributed by atoms with Crippen LogP contribution in [0.2, 0.25) is 0 Å². The molecule has 1 unspecified atom stereocenters. The summed E-state index contributed by atoms with van der Waals surface area (Å²) in [5.74, 6) is 0.692. The molecule has 1 fully saturated rings. The fourth-order valence-electron chi connectivity index (χ4n) is 3.09. The molecular formula is C12H18BrN3. The highest BCUT2D eigenvalue weighted by atomic mass is 79.9. The monoisotopic (exact) mass is 283 g/mol. The number of hydrogen-bond acceptors (Lipinski definition) is 2. The summed E-state index contributed by atoms with van der Waals surface area (Å²) >= 11 is 3.58. The van der Waals surface area contributed by atoms with Gasteiger partial charge in [0.25, 0.3) is 0 Å². The minimum Gasteiger partial charge on any atom is -0.327 e. The van der Waals surface area contributed by atoms with Gasteiger partial charge in [0, 0.05) is 30.6 Å². The van der Waals surface area contributed by atoms with E-state index in [1.54, 1.807) is 0 Å². The summed E-state index contributed by atoms with van der Waals surface area (Å²) in [7, 11) is 0. The molecule has 2 N–H and O–H groups in total. The van der Waals surface area contributed by atoms with E-state index >= 15 is 0 Å². The maximum atomic E-state index is 6.07. The van der Waals surface area contributed by atoms with Crippen molar-refractivity contribution in [3.05, 3.63) is 16.1 Å².